The van der Waals surface area contributed by atoms with Crippen LogP contribution in [0.15, 0.2) is 24.3 Å². The Bertz CT molecular complexity index is 901. The average molecular weight is 399 g/mol. The van der Waals surface area contributed by atoms with Gasteiger partial charge in [0.05, 0.1) is 11.2 Å². The lowest BCUT2D eigenvalue weighted by molar-refractivity contribution is 0.0697. The predicted octanol–water partition coefficient (Wildman–Crippen LogP) is -0.338. The molecule has 2 aromatic rings. The van der Waals surface area contributed by atoms with Crippen molar-refractivity contribution < 1.29 is 9.90 Å². The number of pyridine rings is 1. The molecule has 0 amide bonds. The third-order valence-corrected chi connectivity index (χ3v) is 5.71. The largest absolute Gasteiger partial charge is 0.477 e. The molecule has 2 saturated heterocycles. The third-order valence-electron chi connectivity index (χ3n) is 5.71. The molecule has 0 spiro atoms. The van der Waals surface area contributed by atoms with Crippen molar-refractivity contribution in [3.8, 4) is 0 Å². The maximum atomic E-state index is 12.5. The van der Waals surface area contributed by atoms with Crippen molar-refractivity contribution in [1.29, 1.82) is 0 Å². The van der Waals surface area contributed by atoms with Crippen LogP contribution in [-0.4, -0.2) is 66.4 Å². The number of nitrogens with zero attached hydrogens (tertiary/aromatic N) is 3. The lowest BCUT2D eigenvalue weighted by Crippen LogP contribution is -2.54. The quantitative estimate of drug-likeness (QED) is 0.465. The first-order valence-electron chi connectivity index (χ1n) is 10.0. The minimum atomic E-state index is -1.03. The monoisotopic (exact) mass is 399 g/mol. The molecular weight excluding hydrogens is 370 g/mol. The van der Waals surface area contributed by atoms with E-state index in [-0.39, 0.29) is 29.7 Å². The Labute approximate surface area is 169 Å². The Kier molecular flexibility index (Phi) is 5.30. The van der Waals surface area contributed by atoms with E-state index in [0.717, 1.165) is 10.9 Å². The predicted molar refractivity (Wildman–Crippen MR) is 114 cm³/mol. The van der Waals surface area contributed by atoms with Gasteiger partial charge >= 0.3 is 5.97 Å². The minimum absolute atomic E-state index is 0.118. The number of piperidine rings is 2. The number of hydrogen-bond donors (Lipinski definition) is 5. The van der Waals surface area contributed by atoms with Crippen LogP contribution in [0.5, 0.6) is 0 Å². The number of hydrogen-bond acceptors (Lipinski definition) is 8. The highest BCUT2D eigenvalue weighted by Crippen LogP contribution is 2.37. The smallest absolute Gasteiger partial charge is 0.341 e. The van der Waals surface area contributed by atoms with Gasteiger partial charge in [0.2, 0.25) is 0 Å². The van der Waals surface area contributed by atoms with E-state index in [1.165, 1.54) is 0 Å². The molecule has 0 radical (unpaired) electrons. The number of carboxylic acid groups (broad SMARTS) is 1. The zero-order chi connectivity index (χ0) is 20.7. The number of para-hydroxylation sites is 1. The van der Waals surface area contributed by atoms with Crippen LogP contribution in [-0.2, 0) is 0 Å². The molecule has 4 atom stereocenters. The van der Waals surface area contributed by atoms with E-state index in [0.29, 0.717) is 50.5 Å². The summed E-state index contributed by atoms with van der Waals surface area (Å²) in [5.41, 5.74) is 26.3. The molecule has 9 nitrogen and oxygen atoms in total. The Morgan fingerprint density at radius 1 is 0.897 bits per heavy atom. The van der Waals surface area contributed by atoms with Gasteiger partial charge in [0.15, 0.2) is 0 Å². The van der Waals surface area contributed by atoms with Crippen molar-refractivity contribution in [1.82, 2.24) is 4.98 Å². The molecule has 156 valence electrons. The van der Waals surface area contributed by atoms with Crippen LogP contribution in [0, 0.1) is 0 Å². The van der Waals surface area contributed by atoms with E-state index in [1.54, 1.807) is 0 Å². The van der Waals surface area contributed by atoms with E-state index in [2.05, 4.69) is 0 Å². The number of carbonyl (C=O) groups is 1. The molecule has 0 bridgehead atoms. The van der Waals surface area contributed by atoms with Crippen LogP contribution in [0.25, 0.3) is 10.9 Å². The number of anilines is 2. The molecule has 29 heavy (non-hydrogen) atoms. The summed E-state index contributed by atoms with van der Waals surface area (Å²) < 4.78 is 0. The van der Waals surface area contributed by atoms with E-state index in [4.69, 9.17) is 27.9 Å². The second-order valence-corrected chi connectivity index (χ2v) is 8.30. The molecule has 4 rings (SSSR count). The molecule has 2 fully saturated rings. The molecule has 9 N–H and O–H groups in total. The zero-order valence-corrected chi connectivity index (χ0v) is 16.4. The van der Waals surface area contributed by atoms with Crippen molar-refractivity contribution in [2.45, 2.75) is 37.0 Å². The van der Waals surface area contributed by atoms with Gasteiger partial charge in [0.25, 0.3) is 0 Å². The summed E-state index contributed by atoms with van der Waals surface area (Å²) in [5, 5.41) is 11.0. The molecule has 1 aromatic carbocycles. The van der Waals surface area contributed by atoms with Crippen LogP contribution in [0.3, 0.4) is 0 Å². The fraction of sp³-hybridized carbons (Fsp3) is 0.500. The maximum Gasteiger partial charge on any atom is 0.341 e. The van der Waals surface area contributed by atoms with Crippen molar-refractivity contribution in [2.24, 2.45) is 22.9 Å². The van der Waals surface area contributed by atoms with Crippen LogP contribution in [0.1, 0.15) is 23.2 Å². The summed E-state index contributed by atoms with van der Waals surface area (Å²) in [6, 6.07) is 7.07. The Hall–Kier alpha value is -2.46. The summed E-state index contributed by atoms with van der Waals surface area (Å²) >= 11 is 0. The Morgan fingerprint density at radius 3 is 1.97 bits per heavy atom. The fourth-order valence-corrected chi connectivity index (χ4v) is 4.65. The molecule has 1 aromatic heterocycles. The first-order valence-corrected chi connectivity index (χ1v) is 10.0. The number of fused-ring (bicyclic) bond motifs is 1. The Balaban J connectivity index is 1.93. The lowest BCUT2D eigenvalue weighted by atomic mass is 9.97. The van der Waals surface area contributed by atoms with Gasteiger partial charge in [-0.3, -0.25) is 0 Å². The Morgan fingerprint density at radius 2 is 1.41 bits per heavy atom. The summed E-state index contributed by atoms with van der Waals surface area (Å²) in [6.45, 7) is 2.11. The normalized spacial score (nSPS) is 28.0. The van der Waals surface area contributed by atoms with E-state index < -0.39 is 5.97 Å². The standard InChI is InChI=1S/C20H29N7O2/c21-11-5-12(22)8-26(7-11)18-15-3-1-2-4-16(15)25-19(17(18)20(28)29)27-9-13(23)6-14(24)10-27/h1-4,11-14H,5-10,21-24H2,(H,28,29)/t11-,12+,13-,14+. The lowest BCUT2D eigenvalue weighted by Gasteiger charge is -2.40. The molecular formula is C20H29N7O2. The van der Waals surface area contributed by atoms with Gasteiger partial charge in [-0.15, -0.1) is 0 Å². The van der Waals surface area contributed by atoms with Crippen LogP contribution < -0.4 is 32.7 Å². The van der Waals surface area contributed by atoms with Crippen molar-refractivity contribution >= 4 is 28.4 Å². The van der Waals surface area contributed by atoms with Gasteiger partial charge in [-0.1, -0.05) is 18.2 Å². The number of benzene rings is 1. The van der Waals surface area contributed by atoms with Crippen molar-refractivity contribution in [2.75, 3.05) is 36.0 Å². The molecule has 0 aliphatic carbocycles. The van der Waals surface area contributed by atoms with Crippen molar-refractivity contribution in [3.05, 3.63) is 29.8 Å². The van der Waals surface area contributed by atoms with Gasteiger partial charge in [-0.2, -0.15) is 0 Å². The topological polar surface area (TPSA) is 161 Å². The highest BCUT2D eigenvalue weighted by atomic mass is 16.4. The van der Waals surface area contributed by atoms with Gasteiger partial charge in [-0.05, 0) is 18.9 Å². The first-order chi connectivity index (χ1) is 13.8. The van der Waals surface area contributed by atoms with Crippen LogP contribution in [0.2, 0.25) is 0 Å². The molecule has 2 aliphatic heterocycles. The first kappa shape index (κ1) is 19.8. The second-order valence-electron chi connectivity index (χ2n) is 8.30. The average Bonchev–Trinajstić information content (AvgIpc) is 2.64. The molecule has 9 heteroatoms. The number of nitrogens with two attached hydrogens (primary N) is 4. The highest BCUT2D eigenvalue weighted by Gasteiger charge is 2.33. The zero-order valence-electron chi connectivity index (χ0n) is 16.4. The summed E-state index contributed by atoms with van der Waals surface area (Å²) in [4.78, 5) is 21.1. The number of carboxylic acids is 1. The third kappa shape index (κ3) is 3.86. The molecule has 3 heterocycles. The van der Waals surface area contributed by atoms with Gasteiger partial charge < -0.3 is 37.8 Å². The maximum absolute atomic E-state index is 12.5. The molecule has 0 unspecified atom stereocenters. The minimum Gasteiger partial charge on any atom is -0.477 e. The number of rotatable bonds is 3. The fourth-order valence-electron chi connectivity index (χ4n) is 4.65. The van der Waals surface area contributed by atoms with Gasteiger partial charge in [-0.25, -0.2) is 9.78 Å². The summed E-state index contributed by atoms with van der Waals surface area (Å²) in [6.07, 6.45) is 1.42. The van der Waals surface area contributed by atoms with Crippen LogP contribution in [0.4, 0.5) is 11.5 Å². The highest BCUT2D eigenvalue weighted by molar-refractivity contribution is 6.09. The summed E-state index contributed by atoms with van der Waals surface area (Å²) in [7, 11) is 0. The van der Waals surface area contributed by atoms with E-state index in [9.17, 15) is 9.90 Å². The SMILES string of the molecule is N[C@@H]1C[C@H](N)CN(c2nc3ccccc3c(N3C[C@H](N)C[C@H](N)C3)c2C(=O)O)C1. The van der Waals surface area contributed by atoms with Gasteiger partial charge in [0, 0.05) is 55.7 Å². The molecule has 2 aliphatic rings. The molecule has 0 saturated carbocycles. The number of aromatic nitrogens is 1. The van der Waals surface area contributed by atoms with Crippen LogP contribution >= 0.6 is 0 Å². The summed E-state index contributed by atoms with van der Waals surface area (Å²) in [5.74, 6) is -0.627. The number of aromatic carboxylic acids is 1. The van der Waals surface area contributed by atoms with Gasteiger partial charge in [0.1, 0.15) is 11.4 Å². The van der Waals surface area contributed by atoms with E-state index in [1.807, 2.05) is 34.1 Å². The second kappa shape index (κ2) is 7.75. The van der Waals surface area contributed by atoms with Crippen molar-refractivity contribution in [3.63, 3.8) is 0 Å². The van der Waals surface area contributed by atoms with E-state index >= 15 is 0 Å².